The van der Waals surface area contributed by atoms with Gasteiger partial charge in [0.15, 0.2) is 5.82 Å². The molecule has 1 aromatic carbocycles. The van der Waals surface area contributed by atoms with Gasteiger partial charge in [0, 0.05) is 13.1 Å². The molecule has 122 valence electrons. The van der Waals surface area contributed by atoms with Crippen molar-refractivity contribution < 1.29 is 13.7 Å². The molecular formula is C15H17FN4O2S. The summed E-state index contributed by atoms with van der Waals surface area (Å²) in [6.45, 7) is 1.60. The highest BCUT2D eigenvalue weighted by molar-refractivity contribution is 7.97. The minimum atomic E-state index is -0.486. The molecule has 1 aliphatic heterocycles. The Kier molecular flexibility index (Phi) is 4.92. The average molecular weight is 336 g/mol. The van der Waals surface area contributed by atoms with Crippen LogP contribution in [-0.4, -0.2) is 40.3 Å². The van der Waals surface area contributed by atoms with Gasteiger partial charge in [0.25, 0.3) is 0 Å². The molecule has 1 N–H and O–H groups in total. The van der Waals surface area contributed by atoms with Crippen LogP contribution < -0.4 is 5.32 Å². The molecule has 1 atom stereocenters. The molecule has 0 spiro atoms. The van der Waals surface area contributed by atoms with Gasteiger partial charge in [-0.25, -0.2) is 4.39 Å². The van der Waals surface area contributed by atoms with Crippen molar-refractivity contribution in [3.05, 3.63) is 47.4 Å². The van der Waals surface area contributed by atoms with Crippen molar-refractivity contribution in [1.82, 2.24) is 20.4 Å². The smallest absolute Gasteiger partial charge is 0.242 e. The molecule has 0 bridgehead atoms. The number of amides is 1. The van der Waals surface area contributed by atoms with E-state index in [1.54, 1.807) is 23.9 Å². The fraction of sp³-hybridized carbons (Fsp3) is 0.400. The number of nitrogens with one attached hydrogen (secondary N) is 1. The molecule has 0 radical (unpaired) electrons. The van der Waals surface area contributed by atoms with Crippen molar-refractivity contribution >= 4 is 17.7 Å². The Morgan fingerprint density at radius 2 is 2.22 bits per heavy atom. The van der Waals surface area contributed by atoms with Crippen LogP contribution in [0.2, 0.25) is 0 Å². The van der Waals surface area contributed by atoms with E-state index in [-0.39, 0.29) is 11.7 Å². The van der Waals surface area contributed by atoms with E-state index in [2.05, 4.69) is 15.5 Å². The van der Waals surface area contributed by atoms with Crippen LogP contribution in [0.15, 0.2) is 28.8 Å². The first-order valence-electron chi connectivity index (χ1n) is 7.25. The Labute approximate surface area is 137 Å². The molecule has 2 aromatic rings. The molecule has 1 saturated heterocycles. The van der Waals surface area contributed by atoms with E-state index >= 15 is 0 Å². The Balaban J connectivity index is 1.79. The molecule has 6 nitrogen and oxygen atoms in total. The third kappa shape index (κ3) is 3.70. The van der Waals surface area contributed by atoms with E-state index in [1.165, 1.54) is 12.1 Å². The second-order valence-electron chi connectivity index (χ2n) is 5.25. The van der Waals surface area contributed by atoms with Gasteiger partial charge in [-0.3, -0.25) is 9.69 Å². The van der Waals surface area contributed by atoms with E-state index in [4.69, 9.17) is 4.52 Å². The van der Waals surface area contributed by atoms with Gasteiger partial charge in [-0.1, -0.05) is 17.3 Å². The van der Waals surface area contributed by atoms with Gasteiger partial charge in [0.05, 0.1) is 12.3 Å². The molecule has 23 heavy (non-hydrogen) atoms. The van der Waals surface area contributed by atoms with Gasteiger partial charge >= 0.3 is 0 Å². The van der Waals surface area contributed by atoms with Crippen molar-refractivity contribution in [2.45, 2.75) is 18.3 Å². The number of hydrogen-bond donors (Lipinski definition) is 1. The van der Waals surface area contributed by atoms with Crippen LogP contribution in [0.5, 0.6) is 0 Å². The van der Waals surface area contributed by atoms with Crippen molar-refractivity contribution in [2.24, 2.45) is 0 Å². The number of rotatable bonds is 5. The zero-order chi connectivity index (χ0) is 16.2. The highest BCUT2D eigenvalue weighted by atomic mass is 32.2. The number of nitrogens with zero attached hydrogens (tertiary/aromatic N) is 3. The molecule has 8 heteroatoms. The van der Waals surface area contributed by atoms with Crippen molar-refractivity contribution in [3.8, 4) is 0 Å². The molecule has 1 amide bonds. The number of piperazine rings is 1. The molecule has 1 fully saturated rings. The lowest BCUT2D eigenvalue weighted by atomic mass is 10.0. The van der Waals surface area contributed by atoms with Gasteiger partial charge < -0.3 is 9.84 Å². The third-order valence-electron chi connectivity index (χ3n) is 3.62. The molecule has 1 aliphatic rings. The fourth-order valence-corrected chi connectivity index (χ4v) is 2.98. The summed E-state index contributed by atoms with van der Waals surface area (Å²) < 4.78 is 18.4. The van der Waals surface area contributed by atoms with Crippen LogP contribution in [0.25, 0.3) is 0 Å². The number of halogens is 1. The zero-order valence-corrected chi connectivity index (χ0v) is 13.5. The lowest BCUT2D eigenvalue weighted by Crippen LogP contribution is -2.49. The monoisotopic (exact) mass is 336 g/mol. The van der Waals surface area contributed by atoms with E-state index in [9.17, 15) is 9.18 Å². The van der Waals surface area contributed by atoms with E-state index in [1.807, 2.05) is 11.2 Å². The number of thioether (sulfide) groups is 1. The lowest BCUT2D eigenvalue weighted by molar-refractivity contribution is -0.129. The van der Waals surface area contributed by atoms with Crippen LogP contribution >= 0.6 is 11.8 Å². The van der Waals surface area contributed by atoms with Crippen molar-refractivity contribution in [1.29, 1.82) is 0 Å². The maximum absolute atomic E-state index is 13.1. The highest BCUT2D eigenvalue weighted by Crippen LogP contribution is 2.25. The summed E-state index contributed by atoms with van der Waals surface area (Å²) in [7, 11) is 0. The van der Waals surface area contributed by atoms with E-state index in [0.29, 0.717) is 37.1 Å². The second-order valence-corrected chi connectivity index (χ2v) is 6.12. The minimum absolute atomic E-state index is 0.105. The van der Waals surface area contributed by atoms with Crippen LogP contribution in [-0.2, 0) is 17.1 Å². The largest absolute Gasteiger partial charge is 0.353 e. The van der Waals surface area contributed by atoms with Crippen LogP contribution in [0.4, 0.5) is 4.39 Å². The average Bonchev–Trinajstić information content (AvgIpc) is 2.97. The topological polar surface area (TPSA) is 71.3 Å². The van der Waals surface area contributed by atoms with Gasteiger partial charge in [-0.15, -0.1) is 0 Å². The SMILES string of the molecule is CSCc1noc(CN2CCNC(=O)C2c2ccc(F)cc2)n1. The summed E-state index contributed by atoms with van der Waals surface area (Å²) in [5.74, 6) is 1.38. The summed E-state index contributed by atoms with van der Waals surface area (Å²) in [6, 6.07) is 5.49. The number of benzene rings is 1. The first-order valence-corrected chi connectivity index (χ1v) is 8.64. The molecule has 1 aromatic heterocycles. The van der Waals surface area contributed by atoms with Crippen LogP contribution in [0.3, 0.4) is 0 Å². The molecule has 3 rings (SSSR count). The summed E-state index contributed by atoms with van der Waals surface area (Å²) >= 11 is 1.62. The van der Waals surface area contributed by atoms with Gasteiger partial charge in [0.2, 0.25) is 11.8 Å². The normalized spacial score (nSPS) is 18.9. The van der Waals surface area contributed by atoms with Gasteiger partial charge in [0.1, 0.15) is 11.9 Å². The summed E-state index contributed by atoms with van der Waals surface area (Å²) in [6.07, 6.45) is 1.97. The first kappa shape index (κ1) is 15.9. The fourth-order valence-electron chi connectivity index (χ4n) is 2.61. The van der Waals surface area contributed by atoms with Crippen molar-refractivity contribution in [3.63, 3.8) is 0 Å². The number of hydrogen-bond acceptors (Lipinski definition) is 6. The first-order chi connectivity index (χ1) is 11.2. The van der Waals surface area contributed by atoms with E-state index in [0.717, 1.165) is 5.56 Å². The molecule has 2 heterocycles. The number of aromatic nitrogens is 2. The van der Waals surface area contributed by atoms with Gasteiger partial charge in [-0.2, -0.15) is 16.7 Å². The van der Waals surface area contributed by atoms with Gasteiger partial charge in [-0.05, 0) is 24.0 Å². The quantitative estimate of drug-likeness (QED) is 0.897. The Morgan fingerprint density at radius 1 is 1.43 bits per heavy atom. The molecule has 0 aliphatic carbocycles. The second kappa shape index (κ2) is 7.10. The molecule has 0 saturated carbocycles. The standard InChI is InChI=1S/C15H17FN4O2S/c1-23-9-12-18-13(22-19-12)8-20-7-6-17-15(21)14(20)10-2-4-11(16)5-3-10/h2-5,14H,6-9H2,1H3,(H,17,21). The Hall–Kier alpha value is -1.93. The zero-order valence-electron chi connectivity index (χ0n) is 12.7. The van der Waals surface area contributed by atoms with Crippen LogP contribution in [0.1, 0.15) is 23.3 Å². The predicted molar refractivity (Wildman–Crippen MR) is 84.1 cm³/mol. The maximum atomic E-state index is 13.1. The third-order valence-corrected chi connectivity index (χ3v) is 4.17. The van der Waals surface area contributed by atoms with E-state index < -0.39 is 6.04 Å². The Morgan fingerprint density at radius 3 is 2.96 bits per heavy atom. The van der Waals surface area contributed by atoms with Crippen LogP contribution in [0, 0.1) is 5.82 Å². The lowest BCUT2D eigenvalue weighted by Gasteiger charge is -2.34. The number of carbonyl (C=O) groups is 1. The summed E-state index contributed by atoms with van der Waals surface area (Å²) in [4.78, 5) is 18.6. The molecule has 1 unspecified atom stereocenters. The summed E-state index contributed by atoms with van der Waals surface area (Å²) in [5, 5.41) is 6.76. The predicted octanol–water partition coefficient (Wildman–Crippen LogP) is 1.74. The van der Waals surface area contributed by atoms with Crippen molar-refractivity contribution in [2.75, 3.05) is 19.3 Å². The molecular weight excluding hydrogens is 319 g/mol. The summed E-state index contributed by atoms with van der Waals surface area (Å²) in [5.41, 5.74) is 0.743. The highest BCUT2D eigenvalue weighted by Gasteiger charge is 2.32. The Bertz CT molecular complexity index is 676. The maximum Gasteiger partial charge on any atom is 0.242 e. The minimum Gasteiger partial charge on any atom is -0.353 e. The number of carbonyl (C=O) groups excluding carboxylic acids is 1.